The van der Waals surface area contributed by atoms with Crippen molar-refractivity contribution in [3.8, 4) is 0 Å². The van der Waals surface area contributed by atoms with Gasteiger partial charge in [-0.05, 0) is 37.1 Å². The number of carbonyl (C=O) groups is 2. The van der Waals surface area contributed by atoms with Gasteiger partial charge in [-0.1, -0.05) is 37.6 Å². The van der Waals surface area contributed by atoms with Gasteiger partial charge in [-0.15, -0.1) is 0 Å². The second-order valence-corrected chi connectivity index (χ2v) is 7.77. The van der Waals surface area contributed by atoms with E-state index < -0.39 is 5.97 Å². The van der Waals surface area contributed by atoms with Crippen LogP contribution in [0.4, 0.5) is 0 Å². The summed E-state index contributed by atoms with van der Waals surface area (Å²) in [5, 5.41) is 3.60. The molecule has 1 aromatic heterocycles. The summed E-state index contributed by atoms with van der Waals surface area (Å²) < 4.78 is 10.1. The highest BCUT2D eigenvalue weighted by molar-refractivity contribution is 6.30. The third-order valence-electron chi connectivity index (χ3n) is 4.69. The Balaban J connectivity index is 2.10. The van der Waals surface area contributed by atoms with Crippen molar-refractivity contribution in [1.82, 2.24) is 10.3 Å². The predicted molar refractivity (Wildman–Crippen MR) is 109 cm³/mol. The molecule has 0 radical (unpaired) electrons. The third-order valence-corrected chi connectivity index (χ3v) is 4.92. The highest BCUT2D eigenvalue weighted by atomic mass is 35.5. The number of H-pyrrole nitrogens is 1. The Hall–Kier alpha value is -2.31. The fraction of sp³-hybridized carbons (Fsp3) is 0.429. The van der Waals surface area contributed by atoms with Crippen LogP contribution in [0.5, 0.6) is 0 Å². The Bertz CT molecular complexity index is 858. The molecule has 1 amide bonds. The maximum absolute atomic E-state index is 12.7. The van der Waals surface area contributed by atoms with Gasteiger partial charge in [-0.3, -0.25) is 4.79 Å². The van der Waals surface area contributed by atoms with Crippen molar-refractivity contribution in [1.29, 1.82) is 0 Å². The molecule has 1 heterocycles. The molecule has 0 unspecified atom stereocenters. The highest BCUT2D eigenvalue weighted by Gasteiger charge is 2.26. The second kappa shape index (κ2) is 9.26. The normalized spacial score (nSPS) is 11.4. The average Bonchev–Trinajstić information content (AvgIpc) is 2.94. The van der Waals surface area contributed by atoms with Gasteiger partial charge < -0.3 is 19.8 Å². The van der Waals surface area contributed by atoms with E-state index in [9.17, 15) is 9.59 Å². The minimum Gasteiger partial charge on any atom is -0.460 e. The lowest BCUT2D eigenvalue weighted by Crippen LogP contribution is -2.37. The molecule has 0 aliphatic carbocycles. The molecule has 28 heavy (non-hydrogen) atoms. The summed E-state index contributed by atoms with van der Waals surface area (Å²) in [5.74, 6) is -0.742. The SMILES string of the molecule is COCCOC(=O)c1c(C)[nH]c(C(=O)NCC(C)(C)c2cccc(Cl)c2)c1C. The Morgan fingerprint density at radius 3 is 2.57 bits per heavy atom. The zero-order valence-corrected chi connectivity index (χ0v) is 17.7. The molecule has 1 aromatic carbocycles. The number of halogens is 1. The van der Waals surface area contributed by atoms with Crippen molar-refractivity contribution in [2.75, 3.05) is 26.9 Å². The van der Waals surface area contributed by atoms with E-state index >= 15 is 0 Å². The van der Waals surface area contributed by atoms with Gasteiger partial charge >= 0.3 is 5.97 Å². The fourth-order valence-electron chi connectivity index (χ4n) is 2.97. The molecule has 0 aliphatic rings. The van der Waals surface area contributed by atoms with Crippen molar-refractivity contribution >= 4 is 23.5 Å². The van der Waals surface area contributed by atoms with Crippen LogP contribution in [0, 0.1) is 13.8 Å². The molecule has 0 atom stereocenters. The Kier molecular flexibility index (Phi) is 7.27. The minimum absolute atomic E-state index is 0.161. The van der Waals surface area contributed by atoms with E-state index in [1.807, 2.05) is 38.1 Å². The van der Waals surface area contributed by atoms with Crippen LogP contribution in [-0.2, 0) is 14.9 Å². The molecule has 152 valence electrons. The van der Waals surface area contributed by atoms with Gasteiger partial charge in [-0.2, -0.15) is 0 Å². The molecule has 0 bridgehead atoms. The molecule has 0 fully saturated rings. The summed E-state index contributed by atoms with van der Waals surface area (Å²) in [6, 6.07) is 7.58. The van der Waals surface area contributed by atoms with Crippen molar-refractivity contribution in [3.63, 3.8) is 0 Å². The smallest absolute Gasteiger partial charge is 0.340 e. The van der Waals surface area contributed by atoms with Crippen molar-refractivity contribution in [2.24, 2.45) is 0 Å². The Labute approximate surface area is 170 Å². The van der Waals surface area contributed by atoms with Crippen LogP contribution in [0.25, 0.3) is 0 Å². The third kappa shape index (κ3) is 5.14. The number of aryl methyl sites for hydroxylation is 1. The van der Waals surface area contributed by atoms with Crippen molar-refractivity contribution in [3.05, 3.63) is 57.4 Å². The first kappa shape index (κ1) is 22.0. The van der Waals surface area contributed by atoms with Crippen LogP contribution in [-0.4, -0.2) is 43.7 Å². The maximum Gasteiger partial charge on any atom is 0.340 e. The van der Waals surface area contributed by atoms with Crippen molar-refractivity contribution < 1.29 is 19.1 Å². The molecule has 0 spiro atoms. The summed E-state index contributed by atoms with van der Waals surface area (Å²) in [7, 11) is 1.54. The lowest BCUT2D eigenvalue weighted by atomic mass is 9.84. The molecule has 0 saturated heterocycles. The molecule has 2 N–H and O–H groups in total. The lowest BCUT2D eigenvalue weighted by Gasteiger charge is -2.25. The van der Waals surface area contributed by atoms with Crippen molar-refractivity contribution in [2.45, 2.75) is 33.1 Å². The summed E-state index contributed by atoms with van der Waals surface area (Å²) in [4.78, 5) is 28.0. The zero-order valence-electron chi connectivity index (χ0n) is 16.9. The van der Waals surface area contributed by atoms with E-state index in [0.717, 1.165) is 5.56 Å². The van der Waals surface area contributed by atoms with Crippen LogP contribution in [0.2, 0.25) is 5.02 Å². The summed E-state index contributed by atoms with van der Waals surface area (Å²) in [6.07, 6.45) is 0. The molecule has 0 saturated carbocycles. The number of esters is 1. The number of ether oxygens (including phenoxy) is 2. The number of rotatable bonds is 8. The maximum atomic E-state index is 12.7. The zero-order chi connectivity index (χ0) is 20.9. The average molecular weight is 407 g/mol. The van der Waals surface area contributed by atoms with Gasteiger partial charge in [0.05, 0.1) is 12.2 Å². The first-order valence-electron chi connectivity index (χ1n) is 9.07. The first-order chi connectivity index (χ1) is 13.2. The molecular weight excluding hydrogens is 380 g/mol. The first-order valence-corrected chi connectivity index (χ1v) is 9.44. The number of carbonyl (C=O) groups excluding carboxylic acids is 2. The Morgan fingerprint density at radius 1 is 1.21 bits per heavy atom. The van der Waals surface area contributed by atoms with E-state index in [4.69, 9.17) is 21.1 Å². The number of amides is 1. The number of benzene rings is 1. The van der Waals surface area contributed by atoms with Gasteiger partial charge in [0, 0.05) is 29.8 Å². The van der Waals surface area contributed by atoms with E-state index in [1.54, 1.807) is 13.8 Å². The molecule has 2 rings (SSSR count). The molecule has 0 aliphatic heterocycles. The monoisotopic (exact) mass is 406 g/mol. The van der Waals surface area contributed by atoms with Gasteiger partial charge in [0.25, 0.3) is 5.91 Å². The molecule has 7 heteroatoms. The number of hydrogen-bond donors (Lipinski definition) is 2. The van der Waals surface area contributed by atoms with Crippen LogP contribution >= 0.6 is 11.6 Å². The quantitative estimate of drug-likeness (QED) is 0.516. The fourth-order valence-corrected chi connectivity index (χ4v) is 3.16. The largest absolute Gasteiger partial charge is 0.460 e. The van der Waals surface area contributed by atoms with Gasteiger partial charge in [0.1, 0.15) is 12.3 Å². The number of nitrogens with one attached hydrogen (secondary N) is 2. The Morgan fingerprint density at radius 2 is 1.93 bits per heavy atom. The van der Waals surface area contributed by atoms with Gasteiger partial charge in [0.15, 0.2) is 0 Å². The minimum atomic E-state index is -0.471. The standard InChI is InChI=1S/C21H27ClN2O4/c1-13-17(20(26)28-10-9-27-5)14(2)24-18(13)19(25)23-12-21(3,4)15-7-6-8-16(22)11-15/h6-8,11,24H,9-10,12H2,1-5H3,(H,23,25). The van der Waals surface area contributed by atoms with Crippen LogP contribution in [0.15, 0.2) is 24.3 Å². The van der Waals surface area contributed by atoms with Crippen LogP contribution in [0.1, 0.15) is 51.5 Å². The number of aromatic amines is 1. The topological polar surface area (TPSA) is 80.4 Å². The molecule has 6 nitrogen and oxygen atoms in total. The van der Waals surface area contributed by atoms with E-state index in [1.165, 1.54) is 7.11 Å². The van der Waals surface area contributed by atoms with E-state index in [2.05, 4.69) is 10.3 Å². The van der Waals surface area contributed by atoms with E-state index in [0.29, 0.717) is 40.7 Å². The summed E-state index contributed by atoms with van der Waals surface area (Å²) in [6.45, 7) is 8.43. The van der Waals surface area contributed by atoms with Crippen LogP contribution < -0.4 is 5.32 Å². The lowest BCUT2D eigenvalue weighted by molar-refractivity contribution is 0.0387. The number of aromatic nitrogens is 1. The highest BCUT2D eigenvalue weighted by Crippen LogP contribution is 2.25. The molecule has 2 aromatic rings. The van der Waals surface area contributed by atoms with E-state index in [-0.39, 0.29) is 17.9 Å². The van der Waals surface area contributed by atoms with Gasteiger partial charge in [-0.25, -0.2) is 4.79 Å². The number of methoxy groups -OCH3 is 1. The number of hydrogen-bond acceptors (Lipinski definition) is 4. The second-order valence-electron chi connectivity index (χ2n) is 7.33. The molecular formula is C21H27ClN2O4. The summed E-state index contributed by atoms with van der Waals surface area (Å²) in [5.41, 5.74) is 2.63. The summed E-state index contributed by atoms with van der Waals surface area (Å²) >= 11 is 6.08. The van der Waals surface area contributed by atoms with Crippen LogP contribution in [0.3, 0.4) is 0 Å². The van der Waals surface area contributed by atoms with Gasteiger partial charge in [0.2, 0.25) is 0 Å². The predicted octanol–water partition coefficient (Wildman–Crippen LogP) is 3.80.